The SMILES string of the molecule is COC(=O)C1CCCCN1C(=O)C1(C(N)=S)CCOCC1. The van der Waals surface area contributed by atoms with Gasteiger partial charge in [0.15, 0.2) is 0 Å². The highest BCUT2D eigenvalue weighted by Crippen LogP contribution is 2.35. The summed E-state index contributed by atoms with van der Waals surface area (Å²) < 4.78 is 10.2. The lowest BCUT2D eigenvalue weighted by Crippen LogP contribution is -2.58. The van der Waals surface area contributed by atoms with E-state index in [0.29, 0.717) is 39.0 Å². The number of ether oxygens (including phenoxy) is 2. The average Bonchev–Trinajstić information content (AvgIpc) is 2.53. The Hall–Kier alpha value is -1.21. The van der Waals surface area contributed by atoms with E-state index in [1.807, 2.05) is 0 Å². The fraction of sp³-hybridized carbons (Fsp3) is 0.786. The smallest absolute Gasteiger partial charge is 0.328 e. The summed E-state index contributed by atoms with van der Waals surface area (Å²) in [4.78, 5) is 26.8. The Balaban J connectivity index is 2.25. The molecule has 2 saturated heterocycles. The molecule has 0 spiro atoms. The first-order valence-corrected chi connectivity index (χ1v) is 7.70. The number of esters is 1. The highest BCUT2D eigenvalue weighted by molar-refractivity contribution is 7.80. The summed E-state index contributed by atoms with van der Waals surface area (Å²) in [7, 11) is 1.34. The Labute approximate surface area is 129 Å². The van der Waals surface area contributed by atoms with E-state index in [1.54, 1.807) is 4.90 Å². The van der Waals surface area contributed by atoms with Crippen LogP contribution < -0.4 is 5.73 Å². The fourth-order valence-electron chi connectivity index (χ4n) is 3.12. The summed E-state index contributed by atoms with van der Waals surface area (Å²) in [6.45, 7) is 1.46. The van der Waals surface area contributed by atoms with Crippen LogP contribution in [0.25, 0.3) is 0 Å². The van der Waals surface area contributed by atoms with Gasteiger partial charge in [-0.2, -0.15) is 0 Å². The number of rotatable bonds is 3. The van der Waals surface area contributed by atoms with Crippen molar-refractivity contribution in [3.63, 3.8) is 0 Å². The lowest BCUT2D eigenvalue weighted by molar-refractivity contribution is -0.159. The average molecular weight is 314 g/mol. The van der Waals surface area contributed by atoms with Gasteiger partial charge in [-0.15, -0.1) is 0 Å². The van der Waals surface area contributed by atoms with Crippen LogP contribution >= 0.6 is 12.2 Å². The van der Waals surface area contributed by atoms with Gasteiger partial charge in [0.05, 0.1) is 12.1 Å². The van der Waals surface area contributed by atoms with E-state index < -0.39 is 11.5 Å². The van der Waals surface area contributed by atoms with Gasteiger partial charge in [-0.05, 0) is 32.1 Å². The first kappa shape index (κ1) is 16.2. The van der Waals surface area contributed by atoms with E-state index in [1.165, 1.54) is 7.11 Å². The summed E-state index contributed by atoms with van der Waals surface area (Å²) in [6.07, 6.45) is 3.37. The lowest BCUT2D eigenvalue weighted by Gasteiger charge is -2.42. The quantitative estimate of drug-likeness (QED) is 0.607. The van der Waals surface area contributed by atoms with Crippen molar-refractivity contribution in [2.75, 3.05) is 26.9 Å². The molecule has 0 aromatic heterocycles. The molecule has 1 unspecified atom stereocenters. The van der Waals surface area contributed by atoms with E-state index in [4.69, 9.17) is 27.4 Å². The Morgan fingerprint density at radius 2 is 2.00 bits per heavy atom. The Bertz CT molecular complexity index is 435. The zero-order chi connectivity index (χ0) is 15.5. The van der Waals surface area contributed by atoms with Crippen molar-refractivity contribution in [3.8, 4) is 0 Å². The summed E-state index contributed by atoms with van der Waals surface area (Å²) in [5, 5.41) is 0. The van der Waals surface area contributed by atoms with Crippen molar-refractivity contribution in [1.82, 2.24) is 4.90 Å². The molecule has 2 rings (SSSR count). The second-order valence-corrected chi connectivity index (χ2v) is 6.03. The van der Waals surface area contributed by atoms with Crippen LogP contribution in [0.3, 0.4) is 0 Å². The summed E-state index contributed by atoms with van der Waals surface area (Å²) in [6, 6.07) is -0.523. The molecule has 7 heteroatoms. The van der Waals surface area contributed by atoms with Crippen LogP contribution in [-0.4, -0.2) is 54.7 Å². The minimum absolute atomic E-state index is 0.145. The van der Waals surface area contributed by atoms with Crippen LogP contribution in [-0.2, 0) is 19.1 Å². The van der Waals surface area contributed by atoms with Crippen molar-refractivity contribution in [2.45, 2.75) is 38.1 Å². The van der Waals surface area contributed by atoms with Gasteiger partial charge in [0.25, 0.3) is 0 Å². The summed E-state index contributed by atoms with van der Waals surface area (Å²) >= 11 is 5.16. The molecule has 0 aromatic carbocycles. The molecule has 6 nitrogen and oxygen atoms in total. The van der Waals surface area contributed by atoms with E-state index in [0.717, 1.165) is 12.8 Å². The molecule has 118 valence electrons. The monoisotopic (exact) mass is 314 g/mol. The third kappa shape index (κ3) is 3.03. The molecular weight excluding hydrogens is 292 g/mol. The van der Waals surface area contributed by atoms with Gasteiger partial charge < -0.3 is 20.1 Å². The number of piperidine rings is 1. The van der Waals surface area contributed by atoms with E-state index in [-0.39, 0.29) is 16.9 Å². The first-order valence-electron chi connectivity index (χ1n) is 7.29. The molecule has 0 radical (unpaired) electrons. The van der Waals surface area contributed by atoms with Crippen molar-refractivity contribution < 1.29 is 19.1 Å². The molecule has 0 aromatic rings. The van der Waals surface area contributed by atoms with Crippen molar-refractivity contribution in [2.24, 2.45) is 11.1 Å². The van der Waals surface area contributed by atoms with E-state index in [9.17, 15) is 9.59 Å². The zero-order valence-corrected chi connectivity index (χ0v) is 13.1. The van der Waals surface area contributed by atoms with Gasteiger partial charge in [0.2, 0.25) is 5.91 Å². The second-order valence-electron chi connectivity index (χ2n) is 5.59. The maximum atomic E-state index is 13.0. The molecule has 0 saturated carbocycles. The Morgan fingerprint density at radius 1 is 1.33 bits per heavy atom. The molecular formula is C14H22N2O4S. The molecule has 1 amide bonds. The van der Waals surface area contributed by atoms with Gasteiger partial charge >= 0.3 is 5.97 Å². The third-order valence-electron chi connectivity index (χ3n) is 4.46. The number of hydrogen-bond donors (Lipinski definition) is 1. The van der Waals surface area contributed by atoms with Crippen LogP contribution in [0, 0.1) is 5.41 Å². The van der Waals surface area contributed by atoms with Crippen molar-refractivity contribution in [1.29, 1.82) is 0 Å². The van der Waals surface area contributed by atoms with Crippen molar-refractivity contribution >= 4 is 29.1 Å². The number of methoxy groups -OCH3 is 1. The number of carbonyl (C=O) groups is 2. The maximum Gasteiger partial charge on any atom is 0.328 e. The molecule has 2 heterocycles. The Kier molecular flexibility index (Phi) is 5.16. The number of nitrogens with two attached hydrogens (primary N) is 1. The molecule has 0 bridgehead atoms. The Morgan fingerprint density at radius 3 is 2.57 bits per heavy atom. The predicted octanol–water partition coefficient (Wildman–Crippen LogP) is 0.623. The minimum atomic E-state index is -0.878. The number of carbonyl (C=O) groups excluding carboxylic acids is 2. The molecule has 21 heavy (non-hydrogen) atoms. The van der Waals surface area contributed by atoms with Gasteiger partial charge in [-0.1, -0.05) is 12.2 Å². The fourth-order valence-corrected chi connectivity index (χ4v) is 3.41. The van der Waals surface area contributed by atoms with Crippen LogP contribution in [0.5, 0.6) is 0 Å². The maximum absolute atomic E-state index is 13.0. The lowest BCUT2D eigenvalue weighted by atomic mass is 9.78. The largest absolute Gasteiger partial charge is 0.467 e. The summed E-state index contributed by atoms with van der Waals surface area (Å²) in [5.41, 5.74) is 5.00. The molecule has 0 aliphatic carbocycles. The predicted molar refractivity (Wildman–Crippen MR) is 80.6 cm³/mol. The molecule has 2 fully saturated rings. The first-order chi connectivity index (χ1) is 10.0. The number of amides is 1. The topological polar surface area (TPSA) is 81.9 Å². The normalized spacial score (nSPS) is 25.2. The highest BCUT2D eigenvalue weighted by Gasteiger charge is 2.48. The standard InChI is InChI=1S/C14H22N2O4S/c1-19-11(17)10-4-2-3-7-16(10)13(18)14(12(15)21)5-8-20-9-6-14/h10H,2-9H2,1H3,(H2,15,21). The minimum Gasteiger partial charge on any atom is -0.467 e. The van der Waals surface area contributed by atoms with Crippen LogP contribution in [0.4, 0.5) is 0 Å². The highest BCUT2D eigenvalue weighted by atomic mass is 32.1. The number of nitrogens with zero attached hydrogens (tertiary/aromatic N) is 1. The molecule has 2 aliphatic rings. The molecule has 1 atom stereocenters. The number of likely N-dealkylation sites (tertiary alicyclic amines) is 1. The van der Waals surface area contributed by atoms with Crippen LogP contribution in [0.2, 0.25) is 0 Å². The van der Waals surface area contributed by atoms with Gasteiger partial charge in [-0.25, -0.2) is 4.79 Å². The van der Waals surface area contributed by atoms with E-state index in [2.05, 4.69) is 0 Å². The zero-order valence-electron chi connectivity index (χ0n) is 12.3. The van der Waals surface area contributed by atoms with Gasteiger partial charge in [0.1, 0.15) is 11.5 Å². The summed E-state index contributed by atoms with van der Waals surface area (Å²) in [5.74, 6) is -0.512. The number of thiocarbonyl (C=S) groups is 1. The second kappa shape index (κ2) is 6.70. The van der Waals surface area contributed by atoms with Gasteiger partial charge in [0, 0.05) is 19.8 Å². The van der Waals surface area contributed by atoms with E-state index >= 15 is 0 Å². The van der Waals surface area contributed by atoms with Gasteiger partial charge in [-0.3, -0.25) is 4.79 Å². The number of hydrogen-bond acceptors (Lipinski definition) is 5. The van der Waals surface area contributed by atoms with Crippen LogP contribution in [0.15, 0.2) is 0 Å². The molecule has 2 aliphatic heterocycles. The molecule has 2 N–H and O–H groups in total. The van der Waals surface area contributed by atoms with Crippen LogP contribution in [0.1, 0.15) is 32.1 Å². The van der Waals surface area contributed by atoms with Crippen molar-refractivity contribution in [3.05, 3.63) is 0 Å². The third-order valence-corrected chi connectivity index (χ3v) is 4.86.